The molecular formula is C22H24N2O6. The zero-order chi connectivity index (χ0) is 21.4. The van der Waals surface area contributed by atoms with E-state index in [-0.39, 0.29) is 48.3 Å². The van der Waals surface area contributed by atoms with Gasteiger partial charge in [0.25, 0.3) is 11.8 Å². The van der Waals surface area contributed by atoms with Gasteiger partial charge in [-0.25, -0.2) is 0 Å². The molecule has 0 unspecified atom stereocenters. The number of fused-ring (bicyclic) bond motifs is 2. The lowest BCUT2D eigenvalue weighted by atomic mass is 9.91. The molecule has 0 saturated heterocycles. The lowest BCUT2D eigenvalue weighted by Crippen LogP contribution is -2.35. The van der Waals surface area contributed by atoms with Crippen LogP contribution in [0.4, 0.5) is 0 Å². The second kappa shape index (κ2) is 7.78. The van der Waals surface area contributed by atoms with Crippen LogP contribution in [0.3, 0.4) is 0 Å². The Kier molecular flexibility index (Phi) is 5.15. The molecule has 8 heteroatoms. The van der Waals surface area contributed by atoms with Crippen LogP contribution < -0.4 is 19.5 Å². The van der Waals surface area contributed by atoms with Crippen LogP contribution in [0, 0.1) is 0 Å². The number of carbonyl (C=O) groups excluding carboxylic acids is 2. The van der Waals surface area contributed by atoms with Crippen LogP contribution in [0.5, 0.6) is 23.0 Å². The van der Waals surface area contributed by atoms with Crippen molar-refractivity contribution in [2.75, 3.05) is 20.4 Å². The summed E-state index contributed by atoms with van der Waals surface area (Å²) in [5, 5.41) is 13.4. The summed E-state index contributed by atoms with van der Waals surface area (Å²) in [5.74, 6) is 0.478. The molecule has 0 spiro atoms. The molecule has 2 aromatic carbocycles. The molecule has 0 aromatic heterocycles. The highest BCUT2D eigenvalue weighted by Gasteiger charge is 2.35. The number of phenols is 1. The number of aromatic hydroxyl groups is 1. The average Bonchev–Trinajstić information content (AvgIpc) is 3.20. The number of amides is 2. The van der Waals surface area contributed by atoms with Crippen LogP contribution in [-0.2, 0) is 13.0 Å². The number of likely N-dealkylation sites (N-methyl/N-ethyl adjacent to an activating group) is 1. The van der Waals surface area contributed by atoms with Crippen LogP contribution in [-0.4, -0.2) is 48.3 Å². The Morgan fingerprint density at radius 1 is 1.23 bits per heavy atom. The highest BCUT2D eigenvalue weighted by molar-refractivity contribution is 6.01. The molecule has 0 bridgehead atoms. The zero-order valence-corrected chi connectivity index (χ0v) is 17.2. The van der Waals surface area contributed by atoms with E-state index in [0.29, 0.717) is 41.2 Å². The summed E-state index contributed by atoms with van der Waals surface area (Å²) in [6.07, 6.45) is 0.602. The number of hydrogen-bond acceptors (Lipinski definition) is 6. The predicted octanol–water partition coefficient (Wildman–Crippen LogP) is 2.47. The summed E-state index contributed by atoms with van der Waals surface area (Å²) in [6, 6.07) is 6.89. The first-order chi connectivity index (χ1) is 14.4. The van der Waals surface area contributed by atoms with Crippen LogP contribution in [0.1, 0.15) is 45.7 Å². The molecule has 30 heavy (non-hydrogen) atoms. The third-order valence-electron chi connectivity index (χ3n) is 5.18. The molecular weight excluding hydrogens is 388 g/mol. The molecule has 0 radical (unpaired) electrons. The third-order valence-corrected chi connectivity index (χ3v) is 5.18. The van der Waals surface area contributed by atoms with Crippen LogP contribution in [0.2, 0.25) is 0 Å². The van der Waals surface area contributed by atoms with Gasteiger partial charge in [0.15, 0.2) is 11.5 Å². The van der Waals surface area contributed by atoms with E-state index in [4.69, 9.17) is 14.2 Å². The minimum absolute atomic E-state index is 0.0475. The quantitative estimate of drug-likeness (QED) is 0.783. The monoisotopic (exact) mass is 412 g/mol. The normalized spacial score (nSPS) is 14.7. The number of rotatable bonds is 5. The van der Waals surface area contributed by atoms with Gasteiger partial charge in [0.1, 0.15) is 5.75 Å². The highest BCUT2D eigenvalue weighted by Crippen LogP contribution is 2.48. The summed E-state index contributed by atoms with van der Waals surface area (Å²) in [5.41, 5.74) is 2.04. The van der Waals surface area contributed by atoms with E-state index in [1.807, 2.05) is 13.8 Å². The first kappa shape index (κ1) is 19.9. The van der Waals surface area contributed by atoms with E-state index < -0.39 is 0 Å². The van der Waals surface area contributed by atoms with Gasteiger partial charge < -0.3 is 29.5 Å². The van der Waals surface area contributed by atoms with Gasteiger partial charge >= 0.3 is 0 Å². The van der Waals surface area contributed by atoms with Gasteiger partial charge in [-0.15, -0.1) is 0 Å². The molecule has 4 rings (SSSR count). The molecule has 2 amide bonds. The lowest BCUT2D eigenvalue weighted by Gasteiger charge is -2.28. The molecule has 8 nitrogen and oxygen atoms in total. The Balaban J connectivity index is 1.59. The van der Waals surface area contributed by atoms with Gasteiger partial charge in [0.05, 0.1) is 11.7 Å². The standard InChI is InChI=1S/C22H24N2O6/c1-12(2)30-14-6-4-13(5-7-14)21(26)23-10-16-15-8-9-24(3)22(27)17(15)18(25)20-19(16)28-11-29-20/h4-7,12,25H,8-11H2,1-3H3,(H,23,26). The Morgan fingerprint density at radius 2 is 1.93 bits per heavy atom. The van der Waals surface area contributed by atoms with Crippen molar-refractivity contribution < 1.29 is 28.9 Å². The van der Waals surface area contributed by atoms with Gasteiger partial charge in [-0.3, -0.25) is 9.59 Å². The summed E-state index contributed by atoms with van der Waals surface area (Å²) in [6.45, 7) is 4.49. The molecule has 158 valence electrons. The summed E-state index contributed by atoms with van der Waals surface area (Å²) in [4.78, 5) is 26.8. The van der Waals surface area contributed by atoms with E-state index in [1.165, 1.54) is 0 Å². The third kappa shape index (κ3) is 3.49. The summed E-state index contributed by atoms with van der Waals surface area (Å²) in [7, 11) is 1.68. The topological polar surface area (TPSA) is 97.3 Å². The van der Waals surface area contributed by atoms with E-state index in [2.05, 4.69) is 5.32 Å². The van der Waals surface area contributed by atoms with Crippen LogP contribution >= 0.6 is 0 Å². The van der Waals surface area contributed by atoms with Crippen LogP contribution in [0.25, 0.3) is 0 Å². The average molecular weight is 412 g/mol. The van der Waals surface area contributed by atoms with Gasteiger partial charge in [0, 0.05) is 31.3 Å². The fraction of sp³-hybridized carbons (Fsp3) is 0.364. The molecule has 0 fully saturated rings. The van der Waals surface area contributed by atoms with Gasteiger partial charge in [-0.1, -0.05) is 0 Å². The largest absolute Gasteiger partial charge is 0.504 e. The van der Waals surface area contributed by atoms with E-state index in [9.17, 15) is 14.7 Å². The number of hydrogen-bond donors (Lipinski definition) is 2. The van der Waals surface area contributed by atoms with Gasteiger partial charge in [0.2, 0.25) is 12.5 Å². The van der Waals surface area contributed by atoms with E-state index >= 15 is 0 Å². The maximum absolute atomic E-state index is 12.7. The lowest BCUT2D eigenvalue weighted by molar-refractivity contribution is 0.0776. The minimum Gasteiger partial charge on any atom is -0.504 e. The maximum Gasteiger partial charge on any atom is 0.257 e. The number of benzene rings is 2. The number of nitrogens with zero attached hydrogens (tertiary/aromatic N) is 1. The predicted molar refractivity (Wildman–Crippen MR) is 108 cm³/mol. The molecule has 2 aromatic rings. The summed E-state index contributed by atoms with van der Waals surface area (Å²) >= 11 is 0. The number of nitrogens with one attached hydrogen (secondary N) is 1. The van der Waals surface area contributed by atoms with Crippen molar-refractivity contribution in [1.29, 1.82) is 0 Å². The van der Waals surface area contributed by atoms with Crippen molar-refractivity contribution >= 4 is 11.8 Å². The first-order valence-corrected chi connectivity index (χ1v) is 9.83. The second-order valence-corrected chi connectivity index (χ2v) is 7.60. The highest BCUT2D eigenvalue weighted by atomic mass is 16.7. The molecule has 0 aliphatic carbocycles. The van der Waals surface area contributed by atoms with Crippen molar-refractivity contribution in [1.82, 2.24) is 10.2 Å². The van der Waals surface area contributed by atoms with Crippen LogP contribution in [0.15, 0.2) is 24.3 Å². The van der Waals surface area contributed by atoms with E-state index in [0.717, 1.165) is 0 Å². The molecule has 0 atom stereocenters. The zero-order valence-electron chi connectivity index (χ0n) is 17.2. The van der Waals surface area contributed by atoms with Crippen molar-refractivity contribution in [2.45, 2.75) is 32.9 Å². The van der Waals surface area contributed by atoms with E-state index in [1.54, 1.807) is 36.2 Å². The Bertz CT molecular complexity index is 1000. The smallest absolute Gasteiger partial charge is 0.257 e. The molecule has 2 aliphatic rings. The van der Waals surface area contributed by atoms with Crippen molar-refractivity contribution in [3.05, 3.63) is 46.5 Å². The summed E-state index contributed by atoms with van der Waals surface area (Å²) < 4.78 is 16.5. The Hall–Kier alpha value is -3.42. The molecule has 0 saturated carbocycles. The first-order valence-electron chi connectivity index (χ1n) is 9.83. The minimum atomic E-state index is -0.277. The second-order valence-electron chi connectivity index (χ2n) is 7.60. The van der Waals surface area contributed by atoms with Gasteiger partial charge in [-0.05, 0) is 50.1 Å². The molecule has 2 N–H and O–H groups in total. The SMILES string of the molecule is CC(C)Oc1ccc(C(=O)NCc2c3c(c(O)c4c2OCO4)C(=O)N(C)CC3)cc1. The number of ether oxygens (including phenoxy) is 3. The fourth-order valence-electron chi connectivity index (χ4n) is 3.72. The number of phenolic OH excluding ortho intramolecular Hbond substituents is 1. The van der Waals surface area contributed by atoms with Gasteiger partial charge in [-0.2, -0.15) is 0 Å². The van der Waals surface area contributed by atoms with Crippen molar-refractivity contribution in [3.8, 4) is 23.0 Å². The van der Waals surface area contributed by atoms with Crippen molar-refractivity contribution in [2.24, 2.45) is 0 Å². The maximum atomic E-state index is 12.7. The molecule has 2 aliphatic heterocycles. The Morgan fingerprint density at radius 3 is 2.63 bits per heavy atom. The fourth-order valence-corrected chi connectivity index (χ4v) is 3.72. The Labute approximate surface area is 174 Å². The number of carbonyl (C=O) groups is 2. The van der Waals surface area contributed by atoms with Crippen molar-refractivity contribution in [3.63, 3.8) is 0 Å². The molecule has 2 heterocycles.